The van der Waals surface area contributed by atoms with Gasteiger partial charge in [0.25, 0.3) is 0 Å². The molecule has 0 aromatic carbocycles. The van der Waals surface area contributed by atoms with Gasteiger partial charge in [-0.1, -0.05) is 0 Å². The molecule has 3 nitrogen and oxygen atoms in total. The lowest BCUT2D eigenvalue weighted by Gasteiger charge is -1.66. The van der Waals surface area contributed by atoms with E-state index in [4.69, 9.17) is 0 Å². The largest absolute Gasteiger partial charge is 0.696 e. The fourth-order valence-corrected chi connectivity index (χ4v) is 0.224. The van der Waals surface area contributed by atoms with Crippen molar-refractivity contribution in [3.63, 3.8) is 0 Å². The van der Waals surface area contributed by atoms with Crippen LogP contribution in [0.1, 0.15) is 0 Å². The molecule has 0 fully saturated rings. The Labute approximate surface area is 47.0 Å². The van der Waals surface area contributed by atoms with Gasteiger partial charge in [0, 0.05) is 4.57 Å². The maximum Gasteiger partial charge on any atom is 0.696 e. The standard InChI is InChI=1S/C2H6O3P.H3P/c1-4-6(3)5-2;/h1-2H3;1H3/q+1;. The molecule has 0 N–H and O–H groups in total. The molecule has 0 aliphatic rings. The van der Waals surface area contributed by atoms with Crippen LogP contribution in [0.15, 0.2) is 0 Å². The molecule has 0 aliphatic carbocycles. The lowest BCUT2D eigenvalue weighted by atomic mass is 11.8. The second-order valence-corrected chi connectivity index (χ2v) is 1.77. The van der Waals surface area contributed by atoms with E-state index in [0.29, 0.717) is 0 Å². The highest BCUT2D eigenvalue weighted by Gasteiger charge is 2.10. The summed E-state index contributed by atoms with van der Waals surface area (Å²) in [7, 11) is 0.817. The first-order chi connectivity index (χ1) is 2.81. The van der Waals surface area contributed by atoms with Crippen LogP contribution < -0.4 is 0 Å². The van der Waals surface area contributed by atoms with Crippen molar-refractivity contribution in [2.24, 2.45) is 0 Å². The third-order valence-corrected chi connectivity index (χ3v) is 0.894. The minimum atomic E-state index is -1.83. The van der Waals surface area contributed by atoms with Crippen molar-refractivity contribution in [1.82, 2.24) is 0 Å². The smallest absolute Gasteiger partial charge is 0.153 e. The van der Waals surface area contributed by atoms with Crippen LogP contribution in [0, 0.1) is 0 Å². The Hall–Kier alpha value is 0.450. The lowest BCUT2D eigenvalue weighted by Crippen LogP contribution is -1.66. The summed E-state index contributed by atoms with van der Waals surface area (Å²) >= 11 is 0. The maximum atomic E-state index is 9.88. The summed E-state index contributed by atoms with van der Waals surface area (Å²) in [6.07, 6.45) is 0. The van der Waals surface area contributed by atoms with Gasteiger partial charge in [-0.15, -0.1) is 9.05 Å². The van der Waals surface area contributed by atoms with Crippen molar-refractivity contribution >= 4 is 18.2 Å². The Morgan fingerprint density at radius 1 is 1.29 bits per heavy atom. The van der Waals surface area contributed by atoms with E-state index in [0.717, 1.165) is 0 Å². The average Bonchev–Trinajstić information content (AvgIpc) is 1.65. The van der Waals surface area contributed by atoms with E-state index in [1.165, 1.54) is 14.2 Å². The second kappa shape index (κ2) is 6.45. The van der Waals surface area contributed by atoms with Crippen molar-refractivity contribution in [2.75, 3.05) is 14.2 Å². The molecule has 44 valence electrons. The minimum absolute atomic E-state index is 0. The van der Waals surface area contributed by atoms with Crippen molar-refractivity contribution in [3.05, 3.63) is 0 Å². The molecule has 0 radical (unpaired) electrons. The number of hydrogen-bond donors (Lipinski definition) is 0. The molecule has 0 aliphatic heterocycles. The van der Waals surface area contributed by atoms with Crippen LogP contribution in [0.5, 0.6) is 0 Å². The molecular formula is C2H9O3P2+. The summed E-state index contributed by atoms with van der Waals surface area (Å²) in [5.41, 5.74) is 0. The topological polar surface area (TPSA) is 35.5 Å². The van der Waals surface area contributed by atoms with E-state index < -0.39 is 8.25 Å². The summed E-state index contributed by atoms with van der Waals surface area (Å²) in [5.74, 6) is 0. The molecule has 0 saturated carbocycles. The zero-order chi connectivity index (χ0) is 4.99. The molecule has 5 heteroatoms. The van der Waals surface area contributed by atoms with E-state index in [2.05, 4.69) is 9.05 Å². The quantitative estimate of drug-likeness (QED) is 0.541. The first-order valence-corrected chi connectivity index (χ1v) is 2.46. The lowest BCUT2D eigenvalue weighted by molar-refractivity contribution is 0.302. The molecule has 0 spiro atoms. The van der Waals surface area contributed by atoms with Crippen LogP contribution in [-0.4, -0.2) is 14.2 Å². The number of rotatable bonds is 2. The molecule has 0 aromatic rings. The van der Waals surface area contributed by atoms with Crippen LogP contribution in [0.2, 0.25) is 0 Å². The van der Waals surface area contributed by atoms with Crippen LogP contribution in [0.3, 0.4) is 0 Å². The predicted octanol–water partition coefficient (Wildman–Crippen LogP) is 0.995. The molecule has 0 rings (SSSR count). The highest BCUT2D eigenvalue weighted by atomic mass is 31.1. The van der Waals surface area contributed by atoms with Gasteiger partial charge in [-0.05, 0) is 0 Å². The molecule has 0 heterocycles. The molecule has 0 bridgehead atoms. The summed E-state index contributed by atoms with van der Waals surface area (Å²) < 4.78 is 18.3. The van der Waals surface area contributed by atoms with Crippen LogP contribution >= 0.6 is 18.2 Å². The van der Waals surface area contributed by atoms with Gasteiger partial charge in [0.05, 0.1) is 14.2 Å². The molecule has 1 unspecified atom stereocenters. The first-order valence-electron chi connectivity index (χ1n) is 1.36. The zero-order valence-electron chi connectivity index (χ0n) is 4.38. The average molecular weight is 143 g/mol. The van der Waals surface area contributed by atoms with E-state index in [-0.39, 0.29) is 9.90 Å². The predicted molar refractivity (Wildman–Crippen MR) is 32.7 cm³/mol. The third kappa shape index (κ3) is 6.45. The molecule has 0 saturated heterocycles. The Bertz CT molecular complexity index is 48.9. The Morgan fingerprint density at radius 2 is 1.57 bits per heavy atom. The fourth-order valence-electron chi connectivity index (χ4n) is 0.0745. The van der Waals surface area contributed by atoms with Crippen molar-refractivity contribution in [3.8, 4) is 0 Å². The van der Waals surface area contributed by atoms with E-state index in [9.17, 15) is 4.57 Å². The fraction of sp³-hybridized carbons (Fsp3) is 1.00. The van der Waals surface area contributed by atoms with Gasteiger partial charge in [0.15, 0.2) is 0 Å². The van der Waals surface area contributed by atoms with Gasteiger partial charge in [-0.3, -0.25) is 0 Å². The van der Waals surface area contributed by atoms with Crippen molar-refractivity contribution < 1.29 is 13.6 Å². The van der Waals surface area contributed by atoms with Crippen LogP contribution in [0.4, 0.5) is 0 Å². The van der Waals surface area contributed by atoms with Crippen LogP contribution in [-0.2, 0) is 13.6 Å². The summed E-state index contributed by atoms with van der Waals surface area (Å²) in [5, 5.41) is 0. The van der Waals surface area contributed by atoms with Crippen molar-refractivity contribution in [1.29, 1.82) is 0 Å². The van der Waals surface area contributed by atoms with E-state index in [1.807, 2.05) is 0 Å². The number of hydrogen-bond acceptors (Lipinski definition) is 3. The minimum Gasteiger partial charge on any atom is -0.153 e. The van der Waals surface area contributed by atoms with Gasteiger partial charge in [-0.2, -0.15) is 9.90 Å². The van der Waals surface area contributed by atoms with Gasteiger partial charge in [0.2, 0.25) is 0 Å². The van der Waals surface area contributed by atoms with E-state index >= 15 is 0 Å². The summed E-state index contributed by atoms with van der Waals surface area (Å²) in [4.78, 5) is 0. The van der Waals surface area contributed by atoms with Gasteiger partial charge in [-0.25, -0.2) is 0 Å². The normalized spacial score (nSPS) is 7.14. The van der Waals surface area contributed by atoms with Gasteiger partial charge in [0.1, 0.15) is 0 Å². The molecule has 7 heavy (non-hydrogen) atoms. The Balaban J connectivity index is 0. The molecule has 1 atom stereocenters. The second-order valence-electron chi connectivity index (χ2n) is 0.589. The monoisotopic (exact) mass is 143 g/mol. The van der Waals surface area contributed by atoms with Crippen molar-refractivity contribution in [2.45, 2.75) is 0 Å². The Morgan fingerprint density at radius 3 is 1.57 bits per heavy atom. The maximum absolute atomic E-state index is 9.88. The highest BCUT2D eigenvalue weighted by molar-refractivity contribution is 7.33. The van der Waals surface area contributed by atoms with Gasteiger partial charge < -0.3 is 0 Å². The zero-order valence-corrected chi connectivity index (χ0v) is 6.69. The first kappa shape index (κ1) is 10.4. The molecule has 0 aromatic heterocycles. The SMILES string of the molecule is CO[P+](=O)OC.P. The third-order valence-electron chi connectivity index (χ3n) is 0.298. The van der Waals surface area contributed by atoms with E-state index in [1.54, 1.807) is 0 Å². The summed E-state index contributed by atoms with van der Waals surface area (Å²) in [6.45, 7) is 0. The molecular weight excluding hydrogens is 134 g/mol. The van der Waals surface area contributed by atoms with Gasteiger partial charge >= 0.3 is 8.25 Å². The summed E-state index contributed by atoms with van der Waals surface area (Å²) in [6, 6.07) is 0. The Kier molecular flexibility index (Phi) is 9.61. The molecule has 0 amide bonds. The van der Waals surface area contributed by atoms with Crippen LogP contribution in [0.25, 0.3) is 0 Å². The highest BCUT2D eigenvalue weighted by Crippen LogP contribution is 2.18.